The maximum atomic E-state index is 12.6. The van der Waals surface area contributed by atoms with Gasteiger partial charge in [0.15, 0.2) is 5.41 Å². The Morgan fingerprint density at radius 1 is 1.14 bits per heavy atom. The molecular weight excluding hydrogens is 282 g/mol. The second-order valence-corrected chi connectivity index (χ2v) is 5.95. The van der Waals surface area contributed by atoms with E-state index >= 15 is 0 Å². The number of hydrogen-bond acceptors (Lipinski definition) is 5. The van der Waals surface area contributed by atoms with Crippen LogP contribution in [0.25, 0.3) is 0 Å². The highest BCUT2D eigenvalue weighted by Gasteiger charge is 2.59. The van der Waals surface area contributed by atoms with Crippen LogP contribution in [-0.4, -0.2) is 44.1 Å². The predicted octanol–water partition coefficient (Wildman–Crippen LogP) is 1.71. The number of ether oxygens (including phenoxy) is 2. The lowest BCUT2D eigenvalue weighted by Gasteiger charge is -2.49. The van der Waals surface area contributed by atoms with Crippen molar-refractivity contribution in [1.82, 2.24) is 4.90 Å². The maximum absolute atomic E-state index is 12.6. The molecule has 2 aliphatic heterocycles. The first-order chi connectivity index (χ1) is 10.6. The Labute approximate surface area is 130 Å². The van der Waals surface area contributed by atoms with E-state index in [1.54, 1.807) is 0 Å². The Balaban J connectivity index is 2.17. The number of esters is 2. The maximum Gasteiger partial charge on any atom is 0.325 e. The van der Waals surface area contributed by atoms with Crippen LogP contribution in [0.1, 0.15) is 30.0 Å². The highest BCUT2D eigenvalue weighted by molar-refractivity contribution is 6.01. The first-order valence-corrected chi connectivity index (χ1v) is 7.64. The average Bonchev–Trinajstić information content (AvgIpc) is 2.59. The number of carbonyl (C=O) groups is 2. The van der Waals surface area contributed by atoms with Crippen LogP contribution in [0.2, 0.25) is 0 Å². The van der Waals surface area contributed by atoms with Gasteiger partial charge in [0, 0.05) is 6.54 Å². The van der Waals surface area contributed by atoms with Gasteiger partial charge in [-0.05, 0) is 36.9 Å². The molecule has 0 bridgehead atoms. The van der Waals surface area contributed by atoms with Crippen molar-refractivity contribution >= 4 is 11.9 Å². The molecule has 2 aliphatic rings. The van der Waals surface area contributed by atoms with E-state index in [9.17, 15) is 9.59 Å². The number of rotatable bonds is 2. The summed E-state index contributed by atoms with van der Waals surface area (Å²) < 4.78 is 10.0. The smallest absolute Gasteiger partial charge is 0.325 e. The zero-order valence-corrected chi connectivity index (χ0v) is 13.0. The second-order valence-electron chi connectivity index (χ2n) is 5.95. The summed E-state index contributed by atoms with van der Waals surface area (Å²) in [5, 5.41) is 0. The fourth-order valence-corrected chi connectivity index (χ4v) is 4.01. The number of methoxy groups -OCH3 is 2. The molecule has 3 rings (SSSR count). The summed E-state index contributed by atoms with van der Waals surface area (Å²) in [6.45, 7) is 1.73. The minimum Gasteiger partial charge on any atom is -0.468 e. The van der Waals surface area contributed by atoms with E-state index in [1.165, 1.54) is 19.8 Å². The molecule has 2 heterocycles. The van der Waals surface area contributed by atoms with Crippen LogP contribution in [0.15, 0.2) is 24.3 Å². The molecule has 0 saturated carbocycles. The third-order valence-electron chi connectivity index (χ3n) is 4.97. The van der Waals surface area contributed by atoms with Crippen LogP contribution in [-0.2, 0) is 25.5 Å². The molecule has 22 heavy (non-hydrogen) atoms. The van der Waals surface area contributed by atoms with Gasteiger partial charge in [-0.3, -0.25) is 14.5 Å². The predicted molar refractivity (Wildman–Crippen MR) is 80.2 cm³/mol. The van der Waals surface area contributed by atoms with Gasteiger partial charge in [-0.1, -0.05) is 24.3 Å². The molecule has 118 valence electrons. The Kier molecular flexibility index (Phi) is 3.91. The van der Waals surface area contributed by atoms with E-state index in [4.69, 9.17) is 9.47 Å². The number of benzene rings is 1. The van der Waals surface area contributed by atoms with Gasteiger partial charge in [0.2, 0.25) is 0 Å². The van der Waals surface area contributed by atoms with Crippen molar-refractivity contribution < 1.29 is 19.1 Å². The Morgan fingerprint density at radius 2 is 1.82 bits per heavy atom. The van der Waals surface area contributed by atoms with E-state index in [2.05, 4.69) is 11.0 Å². The van der Waals surface area contributed by atoms with Crippen molar-refractivity contribution in [1.29, 1.82) is 0 Å². The lowest BCUT2D eigenvalue weighted by atomic mass is 9.68. The van der Waals surface area contributed by atoms with E-state index in [1.807, 2.05) is 18.2 Å². The minimum atomic E-state index is -1.27. The summed E-state index contributed by atoms with van der Waals surface area (Å²) in [5.41, 5.74) is 0.977. The molecule has 1 aromatic rings. The molecule has 0 aromatic heterocycles. The number of piperidine rings is 1. The van der Waals surface area contributed by atoms with Gasteiger partial charge in [0.25, 0.3) is 0 Å². The summed E-state index contributed by atoms with van der Waals surface area (Å²) in [5.74, 6) is -0.989. The third-order valence-corrected chi connectivity index (χ3v) is 4.97. The third kappa shape index (κ3) is 2.03. The molecule has 0 aliphatic carbocycles. The number of nitrogens with zero attached hydrogens (tertiary/aromatic N) is 1. The molecule has 1 aromatic carbocycles. The molecule has 5 nitrogen and oxygen atoms in total. The van der Waals surface area contributed by atoms with E-state index < -0.39 is 17.4 Å². The number of hydrogen-bond donors (Lipinski definition) is 0. The van der Waals surface area contributed by atoms with Gasteiger partial charge in [-0.25, -0.2) is 0 Å². The van der Waals surface area contributed by atoms with Crippen LogP contribution in [0.4, 0.5) is 0 Å². The molecule has 5 heteroatoms. The molecule has 0 radical (unpaired) electrons. The van der Waals surface area contributed by atoms with Crippen LogP contribution >= 0.6 is 0 Å². The normalized spacial score (nSPS) is 23.1. The Bertz CT molecular complexity index is 582. The van der Waals surface area contributed by atoms with Crippen LogP contribution in [0.3, 0.4) is 0 Å². The molecular formula is C17H21NO4. The van der Waals surface area contributed by atoms with Crippen molar-refractivity contribution in [3.8, 4) is 0 Å². The lowest BCUT2D eigenvalue weighted by Crippen LogP contribution is -2.57. The first kappa shape index (κ1) is 15.0. The van der Waals surface area contributed by atoms with E-state index in [0.29, 0.717) is 6.42 Å². The zero-order chi connectivity index (χ0) is 15.7. The van der Waals surface area contributed by atoms with Gasteiger partial charge in [-0.15, -0.1) is 0 Å². The quantitative estimate of drug-likeness (QED) is 0.615. The van der Waals surface area contributed by atoms with Crippen molar-refractivity contribution in [3.63, 3.8) is 0 Å². The highest BCUT2D eigenvalue weighted by Crippen LogP contribution is 2.50. The standard InChI is InChI=1S/C17H21NO4/c1-21-15(19)17(16(20)22-2)9-5-10-18-11-8-12-6-3-4-7-13(12)14(17)18/h3-4,6-7,14H,5,8-11H2,1-2H3. The largest absolute Gasteiger partial charge is 0.468 e. The molecule has 1 saturated heterocycles. The minimum absolute atomic E-state index is 0.300. The molecule has 1 unspecified atom stereocenters. The molecule has 0 N–H and O–H groups in total. The van der Waals surface area contributed by atoms with Gasteiger partial charge >= 0.3 is 11.9 Å². The molecule has 0 amide bonds. The summed E-state index contributed by atoms with van der Waals surface area (Å²) >= 11 is 0. The monoisotopic (exact) mass is 303 g/mol. The Hall–Kier alpha value is -1.88. The molecule has 1 fully saturated rings. The zero-order valence-electron chi connectivity index (χ0n) is 13.0. The summed E-state index contributed by atoms with van der Waals surface area (Å²) in [6, 6.07) is 7.73. The highest BCUT2D eigenvalue weighted by atomic mass is 16.5. The van der Waals surface area contributed by atoms with E-state index in [-0.39, 0.29) is 6.04 Å². The van der Waals surface area contributed by atoms with Crippen molar-refractivity contribution in [2.45, 2.75) is 25.3 Å². The summed E-state index contributed by atoms with van der Waals surface area (Å²) in [7, 11) is 2.67. The van der Waals surface area contributed by atoms with Crippen molar-refractivity contribution in [2.24, 2.45) is 5.41 Å². The van der Waals surface area contributed by atoms with Crippen LogP contribution < -0.4 is 0 Å². The SMILES string of the molecule is COC(=O)C1(C(=O)OC)CCCN2CCc3ccccc3C21. The van der Waals surface area contributed by atoms with Gasteiger partial charge < -0.3 is 9.47 Å². The van der Waals surface area contributed by atoms with Gasteiger partial charge in [-0.2, -0.15) is 0 Å². The fraction of sp³-hybridized carbons (Fsp3) is 0.529. The molecule has 1 atom stereocenters. The van der Waals surface area contributed by atoms with Crippen LogP contribution in [0.5, 0.6) is 0 Å². The summed E-state index contributed by atoms with van der Waals surface area (Å²) in [4.78, 5) is 27.4. The fourth-order valence-electron chi connectivity index (χ4n) is 4.01. The van der Waals surface area contributed by atoms with Crippen molar-refractivity contribution in [2.75, 3.05) is 27.3 Å². The average molecular weight is 303 g/mol. The Morgan fingerprint density at radius 3 is 2.50 bits per heavy atom. The van der Waals surface area contributed by atoms with Crippen LogP contribution in [0, 0.1) is 5.41 Å². The van der Waals surface area contributed by atoms with Gasteiger partial charge in [0.05, 0.1) is 20.3 Å². The lowest BCUT2D eigenvalue weighted by molar-refractivity contribution is -0.180. The number of carbonyl (C=O) groups excluding carboxylic acids is 2. The van der Waals surface area contributed by atoms with E-state index in [0.717, 1.165) is 31.5 Å². The van der Waals surface area contributed by atoms with Gasteiger partial charge in [0.1, 0.15) is 0 Å². The van der Waals surface area contributed by atoms with Crippen molar-refractivity contribution in [3.05, 3.63) is 35.4 Å². The molecule has 0 spiro atoms. The first-order valence-electron chi connectivity index (χ1n) is 7.64. The number of fused-ring (bicyclic) bond motifs is 3. The second kappa shape index (κ2) is 5.72. The summed E-state index contributed by atoms with van der Waals surface area (Å²) in [6.07, 6.45) is 2.18. The topological polar surface area (TPSA) is 55.8 Å².